The zero-order valence-electron chi connectivity index (χ0n) is 16.3. The summed E-state index contributed by atoms with van der Waals surface area (Å²) >= 11 is 0. The van der Waals surface area contributed by atoms with Crippen LogP contribution in [0.2, 0.25) is 0 Å². The van der Waals surface area contributed by atoms with Gasteiger partial charge in [-0.05, 0) is 61.4 Å². The van der Waals surface area contributed by atoms with Crippen molar-refractivity contribution in [1.82, 2.24) is 15.6 Å². The van der Waals surface area contributed by atoms with E-state index in [1.807, 2.05) is 0 Å². The van der Waals surface area contributed by atoms with Crippen molar-refractivity contribution < 1.29 is 14.0 Å². The van der Waals surface area contributed by atoms with Gasteiger partial charge in [0.2, 0.25) is 0 Å². The number of carbonyl (C=O) groups is 2. The van der Waals surface area contributed by atoms with Crippen LogP contribution in [0.3, 0.4) is 0 Å². The van der Waals surface area contributed by atoms with Crippen LogP contribution in [0.4, 0.5) is 4.39 Å². The molecule has 1 aromatic carbocycles. The van der Waals surface area contributed by atoms with Crippen molar-refractivity contribution >= 4 is 11.8 Å². The third-order valence-electron chi connectivity index (χ3n) is 5.64. The summed E-state index contributed by atoms with van der Waals surface area (Å²) in [5.41, 5.74) is 2.40. The molecule has 0 aliphatic heterocycles. The number of rotatable bonds is 5. The van der Waals surface area contributed by atoms with Crippen LogP contribution in [-0.4, -0.2) is 28.9 Å². The van der Waals surface area contributed by atoms with Crippen molar-refractivity contribution in [2.24, 2.45) is 5.41 Å². The molecule has 146 valence electrons. The summed E-state index contributed by atoms with van der Waals surface area (Å²) in [5.74, 6) is -0.876. The van der Waals surface area contributed by atoms with E-state index in [1.54, 1.807) is 25.1 Å². The second-order valence-electron chi connectivity index (χ2n) is 8.53. The van der Waals surface area contributed by atoms with E-state index in [2.05, 4.69) is 29.5 Å². The Morgan fingerprint density at radius 2 is 1.79 bits per heavy atom. The normalized spacial score (nSPS) is 19.8. The number of nitrogens with one attached hydrogen (secondary N) is 2. The van der Waals surface area contributed by atoms with Gasteiger partial charge in [0.1, 0.15) is 5.82 Å². The van der Waals surface area contributed by atoms with Gasteiger partial charge >= 0.3 is 0 Å². The molecule has 1 atom stereocenters. The number of benzene rings is 1. The lowest BCUT2D eigenvalue weighted by Crippen LogP contribution is -2.28. The van der Waals surface area contributed by atoms with Crippen LogP contribution in [0.1, 0.15) is 59.4 Å². The first kappa shape index (κ1) is 18.6. The van der Waals surface area contributed by atoms with Gasteiger partial charge in [-0.1, -0.05) is 13.8 Å². The first-order valence-corrected chi connectivity index (χ1v) is 9.63. The van der Waals surface area contributed by atoms with Crippen LogP contribution in [-0.2, 0) is 0 Å². The molecule has 2 aliphatic carbocycles. The van der Waals surface area contributed by atoms with Crippen LogP contribution in [0.25, 0.3) is 11.3 Å². The summed E-state index contributed by atoms with van der Waals surface area (Å²) in [6.07, 6.45) is 4.40. The Morgan fingerprint density at radius 1 is 1.11 bits per heavy atom. The van der Waals surface area contributed by atoms with Gasteiger partial charge in [0, 0.05) is 29.4 Å². The molecular weight excluding hydrogens is 357 g/mol. The lowest BCUT2D eigenvalue weighted by atomic mass is 10.00. The fourth-order valence-corrected chi connectivity index (χ4v) is 3.22. The van der Waals surface area contributed by atoms with E-state index < -0.39 is 5.82 Å². The average molecular weight is 381 g/mol. The smallest absolute Gasteiger partial charge is 0.253 e. The highest BCUT2D eigenvalue weighted by Crippen LogP contribution is 2.44. The van der Waals surface area contributed by atoms with Gasteiger partial charge < -0.3 is 10.6 Å². The Balaban J connectivity index is 1.55. The molecule has 28 heavy (non-hydrogen) atoms. The Labute approximate surface area is 163 Å². The monoisotopic (exact) mass is 381 g/mol. The molecule has 6 heteroatoms. The molecule has 0 spiro atoms. The molecule has 1 unspecified atom stereocenters. The van der Waals surface area contributed by atoms with Gasteiger partial charge in [-0.2, -0.15) is 0 Å². The summed E-state index contributed by atoms with van der Waals surface area (Å²) in [6.45, 7) is 5.89. The van der Waals surface area contributed by atoms with Gasteiger partial charge in [-0.3, -0.25) is 14.6 Å². The van der Waals surface area contributed by atoms with Crippen LogP contribution in [0.15, 0.2) is 30.5 Å². The average Bonchev–Trinajstić information content (AvgIpc) is 3.56. The maximum Gasteiger partial charge on any atom is 0.253 e. The molecule has 1 aromatic heterocycles. The highest BCUT2D eigenvalue weighted by Gasteiger charge is 2.46. The number of hydrogen-bond donors (Lipinski definition) is 2. The third kappa shape index (κ3) is 3.77. The van der Waals surface area contributed by atoms with Crippen molar-refractivity contribution in [1.29, 1.82) is 0 Å². The molecule has 0 bridgehead atoms. The predicted molar refractivity (Wildman–Crippen MR) is 105 cm³/mol. The molecule has 4 rings (SSSR count). The van der Waals surface area contributed by atoms with Crippen molar-refractivity contribution in [2.45, 2.75) is 52.1 Å². The van der Waals surface area contributed by atoms with Gasteiger partial charge in [-0.15, -0.1) is 0 Å². The second-order valence-corrected chi connectivity index (χ2v) is 8.53. The molecule has 2 saturated carbocycles. The fraction of sp³-hybridized carbons (Fsp3) is 0.409. The molecule has 2 aliphatic rings. The second kappa shape index (κ2) is 6.69. The number of pyridine rings is 1. The van der Waals surface area contributed by atoms with Crippen LogP contribution < -0.4 is 10.6 Å². The standard InChI is InChI=1S/C22H24FN3O2/c1-12-16(8-14(9-17(12)23)21(28)25-15-5-6-15)18-7-4-13(11-24-18)20(27)26-19-10-22(19,2)3/h4,7-9,11,15,19H,5-6,10H2,1-3H3,(H,25,28)(H,26,27). The predicted octanol–water partition coefficient (Wildman–Crippen LogP) is 3.62. The van der Waals surface area contributed by atoms with Gasteiger partial charge in [0.05, 0.1) is 11.3 Å². The first-order valence-electron chi connectivity index (χ1n) is 9.63. The Morgan fingerprint density at radius 3 is 2.36 bits per heavy atom. The fourth-order valence-electron chi connectivity index (χ4n) is 3.22. The molecule has 2 N–H and O–H groups in total. The van der Waals surface area contributed by atoms with E-state index in [1.165, 1.54) is 12.3 Å². The van der Waals surface area contributed by atoms with Crippen LogP contribution in [0.5, 0.6) is 0 Å². The van der Waals surface area contributed by atoms with Crippen molar-refractivity contribution in [2.75, 3.05) is 0 Å². The topological polar surface area (TPSA) is 71.1 Å². The summed E-state index contributed by atoms with van der Waals surface area (Å²) < 4.78 is 14.4. The van der Waals surface area contributed by atoms with Crippen molar-refractivity contribution in [3.63, 3.8) is 0 Å². The first-order chi connectivity index (χ1) is 13.2. The Bertz CT molecular complexity index is 949. The Hall–Kier alpha value is -2.76. The summed E-state index contributed by atoms with van der Waals surface area (Å²) in [5, 5.41) is 5.87. The van der Waals surface area contributed by atoms with E-state index in [4.69, 9.17) is 0 Å². The number of halogens is 1. The minimum Gasteiger partial charge on any atom is -0.349 e. The maximum atomic E-state index is 14.4. The largest absolute Gasteiger partial charge is 0.349 e. The number of hydrogen-bond acceptors (Lipinski definition) is 3. The van der Waals surface area contributed by atoms with E-state index in [0.717, 1.165) is 19.3 Å². The molecule has 2 fully saturated rings. The summed E-state index contributed by atoms with van der Waals surface area (Å²) in [7, 11) is 0. The third-order valence-corrected chi connectivity index (χ3v) is 5.64. The molecule has 1 heterocycles. The minimum absolute atomic E-state index is 0.152. The maximum absolute atomic E-state index is 14.4. The van der Waals surface area contributed by atoms with Gasteiger partial charge in [0.15, 0.2) is 0 Å². The van der Waals surface area contributed by atoms with Crippen molar-refractivity contribution in [3.05, 3.63) is 53.0 Å². The zero-order chi connectivity index (χ0) is 20.1. The van der Waals surface area contributed by atoms with E-state index in [9.17, 15) is 14.0 Å². The number of nitrogens with zero attached hydrogens (tertiary/aromatic N) is 1. The van der Waals surface area contributed by atoms with Gasteiger partial charge in [-0.25, -0.2) is 4.39 Å². The quantitative estimate of drug-likeness (QED) is 0.831. The van der Waals surface area contributed by atoms with E-state index in [0.29, 0.717) is 22.4 Å². The summed E-state index contributed by atoms with van der Waals surface area (Å²) in [4.78, 5) is 29.0. The molecule has 5 nitrogen and oxygen atoms in total. The number of carbonyl (C=O) groups excluding carboxylic acids is 2. The molecule has 0 radical (unpaired) electrons. The zero-order valence-corrected chi connectivity index (χ0v) is 16.3. The Kier molecular flexibility index (Phi) is 4.44. The van der Waals surface area contributed by atoms with Gasteiger partial charge in [0.25, 0.3) is 11.8 Å². The molecule has 0 saturated heterocycles. The molecule has 2 amide bonds. The number of amides is 2. The van der Waals surface area contributed by atoms with Crippen LogP contribution in [0, 0.1) is 18.2 Å². The van der Waals surface area contributed by atoms with Crippen molar-refractivity contribution in [3.8, 4) is 11.3 Å². The minimum atomic E-state index is -0.446. The highest BCUT2D eigenvalue weighted by molar-refractivity contribution is 5.96. The van der Waals surface area contributed by atoms with Crippen LogP contribution >= 0.6 is 0 Å². The highest BCUT2D eigenvalue weighted by atomic mass is 19.1. The lowest BCUT2D eigenvalue weighted by Gasteiger charge is -2.11. The SMILES string of the molecule is Cc1c(F)cc(C(=O)NC2CC2)cc1-c1ccc(C(=O)NC2CC2(C)C)cn1. The summed E-state index contributed by atoms with van der Waals surface area (Å²) in [6, 6.07) is 6.68. The van der Waals surface area contributed by atoms with E-state index >= 15 is 0 Å². The lowest BCUT2D eigenvalue weighted by molar-refractivity contribution is 0.0940. The molecular formula is C22H24FN3O2. The van der Waals surface area contributed by atoms with E-state index in [-0.39, 0.29) is 34.9 Å². The molecule has 2 aromatic rings. The number of aromatic nitrogens is 1.